The third-order valence-electron chi connectivity index (χ3n) is 4.54. The molecule has 0 bridgehead atoms. The lowest BCUT2D eigenvalue weighted by molar-refractivity contribution is 0.0342. The molecular formula is C21H24Cl2N2O2S. The van der Waals surface area contributed by atoms with Crippen LogP contribution in [0.3, 0.4) is 0 Å². The van der Waals surface area contributed by atoms with Crippen LogP contribution >= 0.6 is 35.0 Å². The largest absolute Gasteiger partial charge is 0.379 e. The highest BCUT2D eigenvalue weighted by Crippen LogP contribution is 2.27. The Bertz CT molecular complexity index is 777. The SMILES string of the molecule is O=C(NCCSCc1c(Cl)cccc1Cl)c1cccc(CN2CCOCC2)c1. The maximum absolute atomic E-state index is 12.4. The lowest BCUT2D eigenvalue weighted by atomic mass is 10.1. The first kappa shape index (κ1) is 21.5. The van der Waals surface area contributed by atoms with Gasteiger partial charge in [-0.1, -0.05) is 41.4 Å². The van der Waals surface area contributed by atoms with E-state index >= 15 is 0 Å². The van der Waals surface area contributed by atoms with Gasteiger partial charge in [-0.15, -0.1) is 0 Å². The molecule has 28 heavy (non-hydrogen) atoms. The van der Waals surface area contributed by atoms with Crippen molar-refractivity contribution in [3.8, 4) is 0 Å². The van der Waals surface area contributed by atoms with Crippen molar-refractivity contribution in [1.82, 2.24) is 10.2 Å². The Labute approximate surface area is 180 Å². The number of rotatable bonds is 8. The van der Waals surface area contributed by atoms with Crippen LogP contribution in [-0.2, 0) is 17.0 Å². The summed E-state index contributed by atoms with van der Waals surface area (Å²) in [5, 5.41) is 4.35. The zero-order valence-corrected chi connectivity index (χ0v) is 18.0. The quantitative estimate of drug-likeness (QED) is 0.616. The second-order valence-corrected chi connectivity index (χ2v) is 8.52. The van der Waals surface area contributed by atoms with Crippen molar-refractivity contribution in [3.63, 3.8) is 0 Å². The zero-order valence-electron chi connectivity index (χ0n) is 15.6. The van der Waals surface area contributed by atoms with Crippen molar-refractivity contribution >= 4 is 40.9 Å². The number of amides is 1. The van der Waals surface area contributed by atoms with Gasteiger partial charge in [0.25, 0.3) is 5.91 Å². The average Bonchev–Trinajstić information content (AvgIpc) is 2.70. The molecule has 0 aromatic heterocycles. The van der Waals surface area contributed by atoms with Crippen LogP contribution in [0, 0.1) is 0 Å². The van der Waals surface area contributed by atoms with Gasteiger partial charge in [-0.2, -0.15) is 11.8 Å². The molecule has 0 atom stereocenters. The summed E-state index contributed by atoms with van der Waals surface area (Å²) >= 11 is 14.1. The number of halogens is 2. The smallest absolute Gasteiger partial charge is 0.251 e. The van der Waals surface area contributed by atoms with Gasteiger partial charge in [0.1, 0.15) is 0 Å². The highest BCUT2D eigenvalue weighted by Gasteiger charge is 2.12. The maximum atomic E-state index is 12.4. The fourth-order valence-corrected chi connectivity index (χ4v) is 4.61. The van der Waals surface area contributed by atoms with E-state index in [9.17, 15) is 4.79 Å². The monoisotopic (exact) mass is 438 g/mol. The number of carbonyl (C=O) groups is 1. The molecule has 0 spiro atoms. The fourth-order valence-electron chi connectivity index (χ4n) is 3.01. The second-order valence-electron chi connectivity index (χ2n) is 6.60. The van der Waals surface area contributed by atoms with E-state index in [-0.39, 0.29) is 5.91 Å². The first-order valence-corrected chi connectivity index (χ1v) is 11.2. The molecule has 7 heteroatoms. The van der Waals surface area contributed by atoms with Crippen molar-refractivity contribution in [2.45, 2.75) is 12.3 Å². The number of hydrogen-bond donors (Lipinski definition) is 1. The summed E-state index contributed by atoms with van der Waals surface area (Å²) in [4.78, 5) is 14.8. The van der Waals surface area contributed by atoms with Gasteiger partial charge in [0.05, 0.1) is 13.2 Å². The van der Waals surface area contributed by atoms with E-state index in [0.717, 1.165) is 55.5 Å². The van der Waals surface area contributed by atoms with Gasteiger partial charge >= 0.3 is 0 Å². The summed E-state index contributed by atoms with van der Waals surface area (Å²) in [5.74, 6) is 1.48. The molecule has 1 saturated heterocycles. The minimum absolute atomic E-state index is 0.0415. The predicted octanol–water partition coefficient (Wildman–Crippen LogP) is 4.49. The molecule has 2 aromatic rings. The Hall–Kier alpha value is -1.24. The van der Waals surface area contributed by atoms with Gasteiger partial charge in [-0.3, -0.25) is 9.69 Å². The van der Waals surface area contributed by atoms with Crippen LogP contribution in [0.25, 0.3) is 0 Å². The molecule has 1 aliphatic rings. The molecule has 3 rings (SSSR count). The molecule has 1 amide bonds. The standard InChI is InChI=1S/C21H24Cl2N2O2S/c22-19-5-2-6-20(23)18(19)15-28-12-7-24-21(26)17-4-1-3-16(13-17)14-25-8-10-27-11-9-25/h1-6,13H,7-12,14-15H2,(H,24,26). The van der Waals surface area contributed by atoms with E-state index in [1.165, 1.54) is 0 Å². The Kier molecular flexibility index (Phi) is 8.49. The van der Waals surface area contributed by atoms with E-state index < -0.39 is 0 Å². The number of nitrogens with one attached hydrogen (secondary N) is 1. The van der Waals surface area contributed by atoms with Crippen molar-refractivity contribution in [3.05, 3.63) is 69.2 Å². The maximum Gasteiger partial charge on any atom is 0.251 e. The molecule has 0 radical (unpaired) electrons. The van der Waals surface area contributed by atoms with E-state index in [1.54, 1.807) is 11.8 Å². The zero-order chi connectivity index (χ0) is 19.8. The van der Waals surface area contributed by atoms with Gasteiger partial charge in [-0.05, 0) is 35.4 Å². The molecule has 0 unspecified atom stereocenters. The molecule has 4 nitrogen and oxygen atoms in total. The predicted molar refractivity (Wildman–Crippen MR) is 117 cm³/mol. The number of hydrogen-bond acceptors (Lipinski definition) is 4. The van der Waals surface area contributed by atoms with E-state index in [1.807, 2.05) is 36.4 Å². The first-order chi connectivity index (χ1) is 13.6. The van der Waals surface area contributed by atoms with Crippen LogP contribution in [0.2, 0.25) is 10.0 Å². The Morgan fingerprint density at radius 2 is 1.82 bits per heavy atom. The average molecular weight is 439 g/mol. The molecule has 150 valence electrons. The molecule has 1 aliphatic heterocycles. The molecule has 2 aromatic carbocycles. The summed E-state index contributed by atoms with van der Waals surface area (Å²) in [6.07, 6.45) is 0. The number of nitrogens with zero attached hydrogens (tertiary/aromatic N) is 1. The fraction of sp³-hybridized carbons (Fsp3) is 0.381. The molecule has 0 aliphatic carbocycles. The first-order valence-electron chi connectivity index (χ1n) is 9.31. The summed E-state index contributed by atoms with van der Waals surface area (Å²) < 4.78 is 5.38. The van der Waals surface area contributed by atoms with Crippen molar-refractivity contribution in [2.24, 2.45) is 0 Å². The van der Waals surface area contributed by atoms with E-state index in [2.05, 4.69) is 16.3 Å². The van der Waals surface area contributed by atoms with Crippen molar-refractivity contribution in [1.29, 1.82) is 0 Å². The molecule has 1 heterocycles. The second kappa shape index (κ2) is 11.1. The molecule has 0 saturated carbocycles. The summed E-state index contributed by atoms with van der Waals surface area (Å²) in [5.41, 5.74) is 2.79. The minimum Gasteiger partial charge on any atom is -0.379 e. The highest BCUT2D eigenvalue weighted by atomic mass is 35.5. The number of morpholine rings is 1. The normalized spacial score (nSPS) is 14.8. The minimum atomic E-state index is -0.0415. The van der Waals surface area contributed by atoms with Crippen molar-refractivity contribution < 1.29 is 9.53 Å². The van der Waals surface area contributed by atoms with Gasteiger partial charge in [0.2, 0.25) is 0 Å². The molecular weight excluding hydrogens is 415 g/mol. The van der Waals surface area contributed by atoms with Gasteiger partial charge < -0.3 is 10.1 Å². The summed E-state index contributed by atoms with van der Waals surface area (Å²) in [7, 11) is 0. The van der Waals surface area contributed by atoms with Gasteiger partial charge in [0, 0.05) is 53.3 Å². The van der Waals surface area contributed by atoms with Gasteiger partial charge in [-0.25, -0.2) is 0 Å². The lowest BCUT2D eigenvalue weighted by Crippen LogP contribution is -2.35. The van der Waals surface area contributed by atoms with Crippen LogP contribution < -0.4 is 5.32 Å². The van der Waals surface area contributed by atoms with E-state index in [0.29, 0.717) is 22.2 Å². The Morgan fingerprint density at radius 1 is 1.11 bits per heavy atom. The van der Waals surface area contributed by atoms with Crippen LogP contribution in [-0.4, -0.2) is 49.4 Å². The molecule has 1 N–H and O–H groups in total. The third kappa shape index (κ3) is 6.39. The van der Waals surface area contributed by atoms with Crippen LogP contribution in [0.4, 0.5) is 0 Å². The van der Waals surface area contributed by atoms with Gasteiger partial charge in [0.15, 0.2) is 0 Å². The molecule has 1 fully saturated rings. The number of thioether (sulfide) groups is 1. The van der Waals surface area contributed by atoms with Crippen LogP contribution in [0.1, 0.15) is 21.5 Å². The third-order valence-corrected chi connectivity index (χ3v) is 6.23. The summed E-state index contributed by atoms with van der Waals surface area (Å²) in [6, 6.07) is 13.4. The summed E-state index contributed by atoms with van der Waals surface area (Å²) in [6.45, 7) is 4.86. The lowest BCUT2D eigenvalue weighted by Gasteiger charge is -2.26. The van der Waals surface area contributed by atoms with E-state index in [4.69, 9.17) is 27.9 Å². The number of benzene rings is 2. The highest BCUT2D eigenvalue weighted by molar-refractivity contribution is 7.98. The van der Waals surface area contributed by atoms with Crippen LogP contribution in [0.15, 0.2) is 42.5 Å². The topological polar surface area (TPSA) is 41.6 Å². The number of ether oxygens (including phenoxy) is 1. The van der Waals surface area contributed by atoms with Crippen LogP contribution in [0.5, 0.6) is 0 Å². The Balaban J connectivity index is 1.42. The van der Waals surface area contributed by atoms with Crippen molar-refractivity contribution in [2.75, 3.05) is 38.6 Å². The number of carbonyl (C=O) groups excluding carboxylic acids is 1. The Morgan fingerprint density at radius 3 is 2.57 bits per heavy atom.